The van der Waals surface area contributed by atoms with Gasteiger partial charge in [-0.15, -0.1) is 0 Å². The van der Waals surface area contributed by atoms with Crippen molar-refractivity contribution in [1.82, 2.24) is 4.90 Å². The molecule has 1 aromatic rings. The third-order valence-electron chi connectivity index (χ3n) is 3.64. The van der Waals surface area contributed by atoms with Crippen LogP contribution >= 0.6 is 0 Å². The fourth-order valence-corrected chi connectivity index (χ4v) is 2.16. The molecular formula is C16H23NO5. The van der Waals surface area contributed by atoms with Crippen LogP contribution in [0.4, 0.5) is 4.79 Å². The van der Waals surface area contributed by atoms with Crippen molar-refractivity contribution in [3.05, 3.63) is 35.9 Å². The number of carbonyl (C=O) groups excluding carboxylic acids is 1. The molecule has 2 rings (SSSR count). The second kappa shape index (κ2) is 7.09. The predicted molar refractivity (Wildman–Crippen MR) is 80.2 cm³/mol. The van der Waals surface area contributed by atoms with E-state index in [2.05, 4.69) is 0 Å². The highest BCUT2D eigenvalue weighted by molar-refractivity contribution is 5.67. The van der Waals surface area contributed by atoms with E-state index in [1.165, 1.54) is 4.90 Å². The van der Waals surface area contributed by atoms with Crippen LogP contribution in [0.2, 0.25) is 0 Å². The van der Waals surface area contributed by atoms with Crippen LogP contribution in [-0.2, 0) is 20.8 Å². The standard InChI is InChI=1S/C16H23NO5/c1-16(2)21-10-13(14(18)11-22-16)17(3)15(19)20-9-12-7-5-4-6-8-12/h4-8,13-14,18H,9-11H2,1-3H3. The zero-order valence-corrected chi connectivity index (χ0v) is 13.2. The van der Waals surface area contributed by atoms with E-state index in [1.807, 2.05) is 30.3 Å². The number of aliphatic hydroxyl groups excluding tert-OH is 1. The molecule has 0 aromatic heterocycles. The van der Waals surface area contributed by atoms with Gasteiger partial charge in [-0.3, -0.25) is 0 Å². The first kappa shape index (κ1) is 16.7. The summed E-state index contributed by atoms with van der Waals surface area (Å²) in [6.45, 7) is 4.03. The van der Waals surface area contributed by atoms with Crippen LogP contribution in [0.25, 0.3) is 0 Å². The minimum atomic E-state index is -0.823. The average molecular weight is 309 g/mol. The number of likely N-dealkylation sites (N-methyl/N-ethyl adjacent to an activating group) is 1. The van der Waals surface area contributed by atoms with Crippen molar-refractivity contribution in [2.24, 2.45) is 0 Å². The minimum Gasteiger partial charge on any atom is -0.445 e. The molecule has 0 aliphatic carbocycles. The molecule has 1 aliphatic rings. The molecule has 6 nitrogen and oxygen atoms in total. The van der Waals surface area contributed by atoms with Crippen LogP contribution in [0.5, 0.6) is 0 Å². The minimum absolute atomic E-state index is 0.105. The van der Waals surface area contributed by atoms with Crippen LogP contribution in [0.3, 0.4) is 0 Å². The summed E-state index contributed by atoms with van der Waals surface area (Å²) in [4.78, 5) is 13.5. The Bertz CT molecular complexity index is 491. The summed E-state index contributed by atoms with van der Waals surface area (Å²) in [5.74, 6) is -0.773. The van der Waals surface area contributed by atoms with Gasteiger partial charge in [-0.05, 0) is 19.4 Å². The Morgan fingerprint density at radius 3 is 2.64 bits per heavy atom. The molecule has 0 bridgehead atoms. The van der Waals surface area contributed by atoms with Gasteiger partial charge >= 0.3 is 6.09 Å². The molecule has 1 saturated heterocycles. The lowest BCUT2D eigenvalue weighted by atomic mass is 10.1. The summed E-state index contributed by atoms with van der Waals surface area (Å²) >= 11 is 0. The molecule has 1 fully saturated rings. The number of rotatable bonds is 3. The Kier molecular flexibility index (Phi) is 5.39. The number of hydrogen-bond donors (Lipinski definition) is 1. The highest BCUT2D eigenvalue weighted by atomic mass is 16.7. The van der Waals surface area contributed by atoms with Crippen molar-refractivity contribution in [1.29, 1.82) is 0 Å². The summed E-state index contributed by atoms with van der Waals surface area (Å²) < 4.78 is 16.3. The van der Waals surface area contributed by atoms with Crippen molar-refractivity contribution < 1.29 is 24.1 Å². The third kappa shape index (κ3) is 4.43. The van der Waals surface area contributed by atoms with E-state index < -0.39 is 24.0 Å². The number of carbonyl (C=O) groups is 1. The largest absolute Gasteiger partial charge is 0.445 e. The fourth-order valence-electron chi connectivity index (χ4n) is 2.16. The first-order valence-electron chi connectivity index (χ1n) is 7.28. The number of hydrogen-bond acceptors (Lipinski definition) is 5. The summed E-state index contributed by atoms with van der Waals surface area (Å²) in [5.41, 5.74) is 0.909. The quantitative estimate of drug-likeness (QED) is 0.921. The third-order valence-corrected chi connectivity index (χ3v) is 3.64. The molecule has 6 heteroatoms. The van der Waals surface area contributed by atoms with Crippen molar-refractivity contribution >= 4 is 6.09 Å². The summed E-state index contributed by atoms with van der Waals surface area (Å²) in [6.07, 6.45) is -1.33. The second-order valence-corrected chi connectivity index (χ2v) is 5.81. The molecule has 1 aromatic carbocycles. The molecule has 0 spiro atoms. The van der Waals surface area contributed by atoms with E-state index in [9.17, 15) is 9.90 Å². The molecular weight excluding hydrogens is 286 g/mol. The van der Waals surface area contributed by atoms with Crippen molar-refractivity contribution in [3.63, 3.8) is 0 Å². The lowest BCUT2D eigenvalue weighted by Crippen LogP contribution is -2.48. The second-order valence-electron chi connectivity index (χ2n) is 5.81. The van der Waals surface area contributed by atoms with Gasteiger partial charge in [-0.1, -0.05) is 30.3 Å². The Balaban J connectivity index is 1.91. The van der Waals surface area contributed by atoms with Gasteiger partial charge in [0.2, 0.25) is 0 Å². The summed E-state index contributed by atoms with van der Waals surface area (Å²) in [6, 6.07) is 8.92. The van der Waals surface area contributed by atoms with Crippen LogP contribution in [0, 0.1) is 0 Å². The monoisotopic (exact) mass is 309 g/mol. The maximum Gasteiger partial charge on any atom is 0.410 e. The summed E-state index contributed by atoms with van der Waals surface area (Å²) in [7, 11) is 1.59. The maximum atomic E-state index is 12.1. The van der Waals surface area contributed by atoms with Gasteiger partial charge in [0.1, 0.15) is 12.7 Å². The first-order valence-corrected chi connectivity index (χ1v) is 7.28. The van der Waals surface area contributed by atoms with Crippen LogP contribution in [0.1, 0.15) is 19.4 Å². The Labute approximate surface area is 130 Å². The predicted octanol–water partition coefficient (Wildman–Crippen LogP) is 1.77. The average Bonchev–Trinajstić information content (AvgIpc) is 2.64. The SMILES string of the molecule is CN(C(=O)OCc1ccccc1)C1COC(C)(C)OCC1O. The highest BCUT2D eigenvalue weighted by Crippen LogP contribution is 2.20. The lowest BCUT2D eigenvalue weighted by molar-refractivity contribution is -0.204. The van der Waals surface area contributed by atoms with Gasteiger partial charge in [0.25, 0.3) is 0 Å². The van der Waals surface area contributed by atoms with E-state index in [0.717, 1.165) is 5.56 Å². The maximum absolute atomic E-state index is 12.1. The molecule has 122 valence electrons. The van der Waals surface area contributed by atoms with E-state index >= 15 is 0 Å². The summed E-state index contributed by atoms with van der Waals surface area (Å²) in [5, 5.41) is 10.1. The zero-order valence-electron chi connectivity index (χ0n) is 13.2. The van der Waals surface area contributed by atoms with Crippen LogP contribution in [-0.4, -0.2) is 54.3 Å². The van der Waals surface area contributed by atoms with E-state index in [4.69, 9.17) is 14.2 Å². The van der Waals surface area contributed by atoms with E-state index in [1.54, 1.807) is 20.9 Å². The Morgan fingerprint density at radius 1 is 1.32 bits per heavy atom. The first-order chi connectivity index (χ1) is 10.4. The molecule has 0 radical (unpaired) electrons. The Hall–Kier alpha value is -1.63. The number of benzene rings is 1. The van der Waals surface area contributed by atoms with E-state index in [-0.39, 0.29) is 19.8 Å². The van der Waals surface area contributed by atoms with Crippen molar-refractivity contribution in [2.45, 2.75) is 38.4 Å². The smallest absolute Gasteiger partial charge is 0.410 e. The fraction of sp³-hybridized carbons (Fsp3) is 0.562. The molecule has 1 aliphatic heterocycles. The van der Waals surface area contributed by atoms with Gasteiger partial charge in [0, 0.05) is 7.05 Å². The van der Waals surface area contributed by atoms with Gasteiger partial charge in [-0.25, -0.2) is 4.79 Å². The highest BCUT2D eigenvalue weighted by Gasteiger charge is 2.35. The molecule has 2 atom stereocenters. The zero-order chi connectivity index (χ0) is 16.2. The molecule has 1 amide bonds. The molecule has 1 N–H and O–H groups in total. The lowest BCUT2D eigenvalue weighted by Gasteiger charge is -2.29. The van der Waals surface area contributed by atoms with Gasteiger partial charge in [0.15, 0.2) is 5.79 Å². The number of amides is 1. The number of aliphatic hydroxyl groups is 1. The molecule has 22 heavy (non-hydrogen) atoms. The van der Waals surface area contributed by atoms with Gasteiger partial charge in [0.05, 0.1) is 19.3 Å². The van der Waals surface area contributed by atoms with Crippen LogP contribution in [0.15, 0.2) is 30.3 Å². The topological polar surface area (TPSA) is 68.2 Å². The number of nitrogens with zero attached hydrogens (tertiary/aromatic N) is 1. The van der Waals surface area contributed by atoms with Gasteiger partial charge < -0.3 is 24.2 Å². The molecule has 1 heterocycles. The van der Waals surface area contributed by atoms with Crippen molar-refractivity contribution in [3.8, 4) is 0 Å². The number of ether oxygens (including phenoxy) is 3. The van der Waals surface area contributed by atoms with Crippen LogP contribution < -0.4 is 0 Å². The molecule has 0 saturated carbocycles. The normalized spacial score (nSPS) is 24.4. The molecule has 2 unspecified atom stereocenters. The Morgan fingerprint density at radius 2 is 1.95 bits per heavy atom. The van der Waals surface area contributed by atoms with E-state index in [0.29, 0.717) is 0 Å². The van der Waals surface area contributed by atoms with Gasteiger partial charge in [-0.2, -0.15) is 0 Å². The van der Waals surface area contributed by atoms with Crippen molar-refractivity contribution in [2.75, 3.05) is 20.3 Å².